The van der Waals surface area contributed by atoms with Gasteiger partial charge in [-0.05, 0) is 19.1 Å². The van der Waals surface area contributed by atoms with Gasteiger partial charge in [0.25, 0.3) is 10.0 Å². The monoisotopic (exact) mass is 297 g/mol. The summed E-state index contributed by atoms with van der Waals surface area (Å²) in [4.78, 5) is 11.9. The highest BCUT2D eigenvalue weighted by atomic mass is 32.2. The van der Waals surface area contributed by atoms with E-state index in [0.717, 1.165) is 9.87 Å². The van der Waals surface area contributed by atoms with Crippen LogP contribution < -0.4 is 0 Å². The summed E-state index contributed by atoms with van der Waals surface area (Å²) in [5, 5.41) is 0. The van der Waals surface area contributed by atoms with Crippen LogP contribution in [0.2, 0.25) is 0 Å². The van der Waals surface area contributed by atoms with Gasteiger partial charge in [0.2, 0.25) is 0 Å². The molecule has 0 spiro atoms. The van der Waals surface area contributed by atoms with Gasteiger partial charge in [-0.1, -0.05) is 38.5 Å². The van der Waals surface area contributed by atoms with Crippen LogP contribution in [0, 0.1) is 12.3 Å². The lowest BCUT2D eigenvalue weighted by Crippen LogP contribution is -2.35. The van der Waals surface area contributed by atoms with Crippen LogP contribution >= 0.6 is 0 Å². The molecule has 0 aliphatic carbocycles. The Morgan fingerprint density at radius 2 is 1.75 bits per heavy atom. The minimum Gasteiger partial charge on any atom is -0.443 e. The third-order valence-corrected chi connectivity index (χ3v) is 5.10. The molecule has 0 aromatic heterocycles. The van der Waals surface area contributed by atoms with Crippen LogP contribution in [0.4, 0.5) is 4.79 Å². The van der Waals surface area contributed by atoms with Crippen LogP contribution in [0.15, 0.2) is 29.2 Å². The fourth-order valence-corrected chi connectivity index (χ4v) is 3.23. The Kier molecular flexibility index (Phi) is 3.54. The van der Waals surface area contributed by atoms with E-state index in [2.05, 4.69) is 0 Å². The van der Waals surface area contributed by atoms with Crippen molar-refractivity contribution in [2.24, 2.45) is 5.41 Å². The van der Waals surface area contributed by atoms with E-state index in [4.69, 9.17) is 4.74 Å². The van der Waals surface area contributed by atoms with Gasteiger partial charge < -0.3 is 4.74 Å². The molecule has 0 N–H and O–H groups in total. The molecule has 1 aliphatic rings. The van der Waals surface area contributed by atoms with Gasteiger partial charge in [0.1, 0.15) is 6.10 Å². The van der Waals surface area contributed by atoms with Gasteiger partial charge in [-0.3, -0.25) is 0 Å². The van der Waals surface area contributed by atoms with Crippen molar-refractivity contribution < 1.29 is 17.9 Å². The highest BCUT2D eigenvalue weighted by Gasteiger charge is 2.44. The molecule has 1 heterocycles. The number of benzene rings is 1. The summed E-state index contributed by atoms with van der Waals surface area (Å²) >= 11 is 0. The van der Waals surface area contributed by atoms with Crippen molar-refractivity contribution in [1.82, 2.24) is 4.31 Å². The van der Waals surface area contributed by atoms with Crippen LogP contribution in [-0.2, 0) is 14.8 Å². The van der Waals surface area contributed by atoms with Crippen LogP contribution in [0.1, 0.15) is 26.3 Å². The first-order chi connectivity index (χ1) is 9.12. The SMILES string of the molecule is Cc1ccc(S(=O)(=O)N2CC(C(C)(C)C)OC2=O)cc1. The van der Waals surface area contributed by atoms with Crippen LogP contribution in [0.25, 0.3) is 0 Å². The zero-order valence-electron chi connectivity index (χ0n) is 12.1. The van der Waals surface area contributed by atoms with Gasteiger partial charge in [-0.2, -0.15) is 4.31 Å². The molecule has 110 valence electrons. The van der Waals surface area contributed by atoms with E-state index in [1.54, 1.807) is 12.1 Å². The molecular formula is C14H19NO4S. The number of cyclic esters (lactones) is 1. The lowest BCUT2D eigenvalue weighted by molar-refractivity contribution is 0.0726. The Labute approximate surface area is 119 Å². The second kappa shape index (κ2) is 4.77. The van der Waals surface area contributed by atoms with Crippen molar-refractivity contribution >= 4 is 16.1 Å². The first kappa shape index (κ1) is 14.8. The van der Waals surface area contributed by atoms with Crippen molar-refractivity contribution in [2.75, 3.05) is 6.54 Å². The third kappa shape index (κ3) is 2.65. The summed E-state index contributed by atoms with van der Waals surface area (Å²) in [6.07, 6.45) is -1.24. The van der Waals surface area contributed by atoms with Gasteiger partial charge in [-0.25, -0.2) is 13.2 Å². The fraction of sp³-hybridized carbons (Fsp3) is 0.500. The van der Waals surface area contributed by atoms with Gasteiger partial charge in [0, 0.05) is 5.41 Å². The second-order valence-electron chi connectivity index (χ2n) is 6.09. The maximum atomic E-state index is 12.5. The van der Waals surface area contributed by atoms with Crippen molar-refractivity contribution in [1.29, 1.82) is 0 Å². The molecule has 6 heteroatoms. The zero-order chi connectivity index (χ0) is 15.1. The highest BCUT2D eigenvalue weighted by Crippen LogP contribution is 2.31. The first-order valence-electron chi connectivity index (χ1n) is 6.42. The van der Waals surface area contributed by atoms with E-state index in [9.17, 15) is 13.2 Å². The number of rotatable bonds is 2. The number of aryl methyl sites for hydroxylation is 1. The Bertz CT molecular complexity index is 614. The summed E-state index contributed by atoms with van der Waals surface area (Å²) in [6.45, 7) is 7.65. The molecule has 1 amide bonds. The average molecular weight is 297 g/mol. The van der Waals surface area contributed by atoms with Crippen molar-refractivity contribution in [2.45, 2.75) is 38.7 Å². The standard InChI is InChI=1S/C14H19NO4S/c1-10-5-7-11(8-6-10)20(17,18)15-9-12(14(2,3)4)19-13(15)16/h5-8,12H,9H2,1-4H3. The number of sulfonamides is 1. The van der Waals surface area contributed by atoms with Crippen molar-refractivity contribution in [3.05, 3.63) is 29.8 Å². The van der Waals surface area contributed by atoms with Gasteiger partial charge in [0.15, 0.2) is 0 Å². The second-order valence-corrected chi connectivity index (χ2v) is 7.95. The van der Waals surface area contributed by atoms with Gasteiger partial charge >= 0.3 is 6.09 Å². The van der Waals surface area contributed by atoms with Crippen LogP contribution in [0.5, 0.6) is 0 Å². The predicted octanol–water partition coefficient (Wildman–Crippen LogP) is 2.55. The maximum absolute atomic E-state index is 12.5. The van der Waals surface area contributed by atoms with E-state index >= 15 is 0 Å². The Balaban J connectivity index is 2.31. The fourth-order valence-electron chi connectivity index (χ4n) is 1.93. The van der Waals surface area contributed by atoms with Gasteiger partial charge in [-0.15, -0.1) is 0 Å². The number of carbonyl (C=O) groups excluding carboxylic acids is 1. The van der Waals surface area contributed by atoms with E-state index in [1.165, 1.54) is 12.1 Å². The Morgan fingerprint density at radius 3 is 2.20 bits per heavy atom. The molecule has 0 radical (unpaired) electrons. The number of nitrogens with zero attached hydrogens (tertiary/aromatic N) is 1. The van der Waals surface area contributed by atoms with E-state index in [0.29, 0.717) is 0 Å². The molecule has 1 aromatic carbocycles. The Hall–Kier alpha value is -1.56. The molecule has 1 fully saturated rings. The minimum atomic E-state index is -3.84. The normalized spacial score (nSPS) is 20.1. The smallest absolute Gasteiger partial charge is 0.424 e. The maximum Gasteiger partial charge on any atom is 0.424 e. The summed E-state index contributed by atoms with van der Waals surface area (Å²) in [6, 6.07) is 6.41. The molecule has 1 atom stereocenters. The quantitative estimate of drug-likeness (QED) is 0.841. The van der Waals surface area contributed by atoms with Crippen molar-refractivity contribution in [3.8, 4) is 0 Å². The molecule has 1 aromatic rings. The largest absolute Gasteiger partial charge is 0.443 e. The predicted molar refractivity (Wildman–Crippen MR) is 74.8 cm³/mol. The topological polar surface area (TPSA) is 63.7 Å². The number of amides is 1. The first-order valence-corrected chi connectivity index (χ1v) is 7.86. The molecule has 1 saturated heterocycles. The summed E-state index contributed by atoms with van der Waals surface area (Å²) in [7, 11) is -3.84. The average Bonchev–Trinajstić information content (AvgIpc) is 2.72. The van der Waals surface area contributed by atoms with E-state index in [-0.39, 0.29) is 16.9 Å². The molecule has 0 bridgehead atoms. The molecule has 1 unspecified atom stereocenters. The molecule has 5 nitrogen and oxygen atoms in total. The van der Waals surface area contributed by atoms with Crippen LogP contribution in [0.3, 0.4) is 0 Å². The summed E-state index contributed by atoms with van der Waals surface area (Å²) < 4.78 is 30.9. The number of hydrogen-bond acceptors (Lipinski definition) is 4. The molecule has 20 heavy (non-hydrogen) atoms. The molecule has 2 rings (SSSR count). The highest BCUT2D eigenvalue weighted by molar-refractivity contribution is 7.89. The summed E-state index contributed by atoms with van der Waals surface area (Å²) in [5.74, 6) is 0. The number of ether oxygens (including phenoxy) is 1. The van der Waals surface area contributed by atoms with E-state index in [1.807, 2.05) is 27.7 Å². The number of carbonyl (C=O) groups is 1. The lowest BCUT2D eigenvalue weighted by atomic mass is 9.89. The zero-order valence-corrected chi connectivity index (χ0v) is 12.9. The summed E-state index contributed by atoms with van der Waals surface area (Å²) in [5.41, 5.74) is 0.660. The molecule has 0 saturated carbocycles. The molecule has 1 aliphatic heterocycles. The third-order valence-electron chi connectivity index (χ3n) is 3.35. The number of hydrogen-bond donors (Lipinski definition) is 0. The van der Waals surface area contributed by atoms with Crippen LogP contribution in [-0.4, -0.2) is 31.5 Å². The molecular weight excluding hydrogens is 278 g/mol. The Morgan fingerprint density at radius 1 is 1.20 bits per heavy atom. The van der Waals surface area contributed by atoms with Gasteiger partial charge in [0.05, 0.1) is 11.4 Å². The minimum absolute atomic E-state index is 0.0541. The lowest BCUT2D eigenvalue weighted by Gasteiger charge is -2.24. The van der Waals surface area contributed by atoms with Crippen molar-refractivity contribution in [3.63, 3.8) is 0 Å². The van der Waals surface area contributed by atoms with E-state index < -0.39 is 22.2 Å².